The molecule has 0 spiro atoms. The molecule has 0 aliphatic rings. The van der Waals surface area contributed by atoms with E-state index in [0.717, 1.165) is 11.1 Å². The van der Waals surface area contributed by atoms with E-state index in [1.807, 2.05) is 26.0 Å². The standard InChI is InChI=1S/C19H21NO5S/c1-12-8-9-13(2)17(10-12)18(21)14(3)25-19(22)15-6-5-7-16(11-15)26(23,24)20-4/h5-11,14,20H,1-4H3/t14-/m1/s1. The molecule has 6 nitrogen and oxygen atoms in total. The summed E-state index contributed by atoms with van der Waals surface area (Å²) >= 11 is 0. The molecule has 138 valence electrons. The first-order chi connectivity index (χ1) is 12.2. The average Bonchev–Trinajstić information content (AvgIpc) is 2.63. The summed E-state index contributed by atoms with van der Waals surface area (Å²) < 4.78 is 31.1. The van der Waals surface area contributed by atoms with Crippen LogP contribution in [0, 0.1) is 13.8 Å². The average molecular weight is 375 g/mol. The molecule has 0 saturated carbocycles. The van der Waals surface area contributed by atoms with Crippen LogP contribution >= 0.6 is 0 Å². The lowest BCUT2D eigenvalue weighted by Gasteiger charge is -2.14. The molecule has 0 saturated heterocycles. The molecule has 26 heavy (non-hydrogen) atoms. The highest BCUT2D eigenvalue weighted by Crippen LogP contribution is 2.17. The summed E-state index contributed by atoms with van der Waals surface area (Å²) in [7, 11) is -2.39. The highest BCUT2D eigenvalue weighted by molar-refractivity contribution is 7.89. The first kappa shape index (κ1) is 19.8. The Kier molecular flexibility index (Phi) is 5.94. The Hall–Kier alpha value is -2.51. The van der Waals surface area contributed by atoms with Crippen LogP contribution in [0.2, 0.25) is 0 Å². The van der Waals surface area contributed by atoms with Crippen LogP contribution in [0.1, 0.15) is 38.8 Å². The van der Waals surface area contributed by atoms with Crippen LogP contribution in [0.4, 0.5) is 0 Å². The summed E-state index contributed by atoms with van der Waals surface area (Å²) in [6.45, 7) is 5.18. The Morgan fingerprint density at radius 1 is 1.08 bits per heavy atom. The third-order valence-corrected chi connectivity index (χ3v) is 5.37. The van der Waals surface area contributed by atoms with E-state index >= 15 is 0 Å². The Balaban J connectivity index is 2.20. The largest absolute Gasteiger partial charge is 0.451 e. The molecule has 2 aromatic carbocycles. The van der Waals surface area contributed by atoms with Gasteiger partial charge >= 0.3 is 5.97 Å². The van der Waals surface area contributed by atoms with E-state index in [9.17, 15) is 18.0 Å². The Labute approximate surface area is 153 Å². The van der Waals surface area contributed by atoms with Gasteiger partial charge < -0.3 is 4.74 Å². The van der Waals surface area contributed by atoms with Crippen molar-refractivity contribution in [1.29, 1.82) is 0 Å². The van der Waals surface area contributed by atoms with Gasteiger partial charge in [-0.05, 0) is 57.6 Å². The van der Waals surface area contributed by atoms with Crippen LogP contribution in [0.3, 0.4) is 0 Å². The van der Waals surface area contributed by atoms with Gasteiger partial charge in [-0.1, -0.05) is 23.8 Å². The molecule has 0 bridgehead atoms. The molecule has 1 atom stereocenters. The quantitative estimate of drug-likeness (QED) is 0.619. The van der Waals surface area contributed by atoms with E-state index in [2.05, 4.69) is 4.72 Å². The Morgan fingerprint density at radius 2 is 1.77 bits per heavy atom. The highest BCUT2D eigenvalue weighted by atomic mass is 32.2. The highest BCUT2D eigenvalue weighted by Gasteiger charge is 2.23. The fourth-order valence-corrected chi connectivity index (χ4v) is 3.19. The third-order valence-electron chi connectivity index (χ3n) is 3.96. The second-order valence-electron chi connectivity index (χ2n) is 5.97. The van der Waals surface area contributed by atoms with E-state index in [4.69, 9.17) is 4.74 Å². The Bertz CT molecular complexity index is 950. The van der Waals surface area contributed by atoms with E-state index in [1.54, 1.807) is 6.07 Å². The first-order valence-corrected chi connectivity index (χ1v) is 9.50. The van der Waals surface area contributed by atoms with Gasteiger partial charge in [0.15, 0.2) is 6.10 Å². The molecule has 0 aromatic heterocycles. The van der Waals surface area contributed by atoms with Crippen molar-refractivity contribution in [2.75, 3.05) is 7.05 Å². The van der Waals surface area contributed by atoms with Crippen molar-refractivity contribution in [2.45, 2.75) is 31.8 Å². The number of Topliss-reactive ketones (excluding diaryl/α,β-unsaturated/α-hetero) is 1. The van der Waals surface area contributed by atoms with Gasteiger partial charge in [0, 0.05) is 5.56 Å². The van der Waals surface area contributed by atoms with Crippen molar-refractivity contribution in [3.8, 4) is 0 Å². The van der Waals surface area contributed by atoms with Crippen molar-refractivity contribution in [3.63, 3.8) is 0 Å². The third kappa shape index (κ3) is 4.36. The SMILES string of the molecule is CNS(=O)(=O)c1cccc(C(=O)O[C@H](C)C(=O)c2cc(C)ccc2C)c1. The van der Waals surface area contributed by atoms with Gasteiger partial charge in [-0.25, -0.2) is 17.9 Å². The molecule has 0 radical (unpaired) electrons. The smallest absolute Gasteiger partial charge is 0.338 e. The zero-order valence-corrected chi connectivity index (χ0v) is 15.9. The molecular formula is C19H21NO5S. The van der Waals surface area contributed by atoms with Gasteiger partial charge in [0.2, 0.25) is 15.8 Å². The monoisotopic (exact) mass is 375 g/mol. The number of benzene rings is 2. The zero-order valence-electron chi connectivity index (χ0n) is 15.1. The number of ether oxygens (including phenoxy) is 1. The fraction of sp³-hybridized carbons (Fsp3) is 0.263. The summed E-state index contributed by atoms with van der Waals surface area (Å²) in [5.41, 5.74) is 2.28. The van der Waals surface area contributed by atoms with Crippen molar-refractivity contribution in [3.05, 3.63) is 64.7 Å². The van der Waals surface area contributed by atoms with Crippen LogP contribution in [0.25, 0.3) is 0 Å². The van der Waals surface area contributed by atoms with Gasteiger partial charge in [0.25, 0.3) is 0 Å². The maximum absolute atomic E-state index is 12.6. The summed E-state index contributed by atoms with van der Waals surface area (Å²) in [4.78, 5) is 24.8. The van der Waals surface area contributed by atoms with E-state index in [0.29, 0.717) is 5.56 Å². The molecule has 0 aliphatic heterocycles. The molecule has 0 fully saturated rings. The number of hydrogen-bond donors (Lipinski definition) is 1. The minimum atomic E-state index is -3.68. The van der Waals surface area contributed by atoms with Gasteiger partial charge in [-0.2, -0.15) is 0 Å². The van der Waals surface area contributed by atoms with Crippen LogP contribution in [-0.4, -0.2) is 33.3 Å². The summed E-state index contributed by atoms with van der Waals surface area (Å²) in [5.74, 6) is -1.07. The molecule has 0 aliphatic carbocycles. The molecule has 1 N–H and O–H groups in total. The molecule has 2 rings (SSSR count). The number of ketones is 1. The minimum Gasteiger partial charge on any atom is -0.451 e. The number of hydrogen-bond acceptors (Lipinski definition) is 5. The predicted molar refractivity (Wildman–Crippen MR) is 97.8 cm³/mol. The summed E-state index contributed by atoms with van der Waals surface area (Å²) in [6.07, 6.45) is -0.993. The molecule has 2 aromatic rings. The van der Waals surface area contributed by atoms with Crippen LogP contribution in [-0.2, 0) is 14.8 Å². The molecule has 7 heteroatoms. The molecule has 0 amide bonds. The van der Waals surface area contributed by atoms with Crippen LogP contribution in [0.5, 0.6) is 0 Å². The normalized spacial score (nSPS) is 12.5. The van der Waals surface area contributed by atoms with Gasteiger partial charge in [-0.3, -0.25) is 4.79 Å². The van der Waals surface area contributed by atoms with Crippen molar-refractivity contribution in [2.24, 2.45) is 0 Å². The number of rotatable bonds is 6. The molecule has 0 unspecified atom stereocenters. The predicted octanol–water partition coefficient (Wildman–Crippen LogP) is 2.64. The van der Waals surface area contributed by atoms with E-state index in [-0.39, 0.29) is 16.2 Å². The zero-order chi connectivity index (χ0) is 19.5. The Morgan fingerprint density at radius 3 is 2.42 bits per heavy atom. The molecular weight excluding hydrogens is 354 g/mol. The number of aryl methyl sites for hydroxylation is 2. The van der Waals surface area contributed by atoms with Crippen LogP contribution < -0.4 is 4.72 Å². The van der Waals surface area contributed by atoms with Crippen LogP contribution in [0.15, 0.2) is 47.4 Å². The fourth-order valence-electron chi connectivity index (χ4n) is 2.41. The second kappa shape index (κ2) is 7.80. The number of sulfonamides is 1. The van der Waals surface area contributed by atoms with Crippen molar-refractivity contribution in [1.82, 2.24) is 4.72 Å². The summed E-state index contributed by atoms with van der Waals surface area (Å²) in [5, 5.41) is 0. The topological polar surface area (TPSA) is 89.5 Å². The second-order valence-corrected chi connectivity index (χ2v) is 7.85. The summed E-state index contributed by atoms with van der Waals surface area (Å²) in [6, 6.07) is 10.9. The lowest BCUT2D eigenvalue weighted by Crippen LogP contribution is -2.25. The number of esters is 1. The minimum absolute atomic E-state index is 0.0528. The van der Waals surface area contributed by atoms with E-state index < -0.39 is 22.1 Å². The molecule has 0 heterocycles. The number of carbonyl (C=O) groups excluding carboxylic acids is 2. The number of carbonyl (C=O) groups is 2. The van der Waals surface area contributed by atoms with Gasteiger partial charge in [-0.15, -0.1) is 0 Å². The van der Waals surface area contributed by atoms with Crippen molar-refractivity contribution < 1.29 is 22.7 Å². The lowest BCUT2D eigenvalue weighted by molar-refractivity contribution is 0.0318. The van der Waals surface area contributed by atoms with E-state index in [1.165, 1.54) is 38.2 Å². The first-order valence-electron chi connectivity index (χ1n) is 8.02. The lowest BCUT2D eigenvalue weighted by atomic mass is 9.99. The maximum Gasteiger partial charge on any atom is 0.338 e. The number of nitrogens with one attached hydrogen (secondary N) is 1. The van der Waals surface area contributed by atoms with Crippen molar-refractivity contribution >= 4 is 21.8 Å². The maximum atomic E-state index is 12.6. The van der Waals surface area contributed by atoms with Gasteiger partial charge in [0.1, 0.15) is 0 Å². The van der Waals surface area contributed by atoms with Gasteiger partial charge in [0.05, 0.1) is 10.5 Å².